The van der Waals surface area contributed by atoms with Gasteiger partial charge in [-0.3, -0.25) is 0 Å². The molecule has 7 heteroatoms. The zero-order valence-corrected chi connectivity index (χ0v) is 15.7. The second-order valence-electron chi connectivity index (χ2n) is 5.37. The topological polar surface area (TPSA) is 40.5 Å². The normalized spacial score (nSPS) is 10.9. The van der Waals surface area contributed by atoms with E-state index >= 15 is 0 Å². The van der Waals surface area contributed by atoms with Crippen molar-refractivity contribution in [3.63, 3.8) is 0 Å². The summed E-state index contributed by atoms with van der Waals surface area (Å²) in [4.78, 5) is 12.4. The van der Waals surface area contributed by atoms with Gasteiger partial charge in [0.25, 0.3) is 0 Å². The number of nitrogens with zero attached hydrogens (tertiary/aromatic N) is 1. The molecule has 0 aliphatic carbocycles. The molecular formula is C18H14Cl3NO3. The van der Waals surface area contributed by atoms with Crippen LogP contribution in [-0.2, 0) is 11.3 Å². The molecule has 0 fully saturated rings. The van der Waals surface area contributed by atoms with Crippen molar-refractivity contribution in [3.8, 4) is 5.75 Å². The average molecular weight is 399 g/mol. The monoisotopic (exact) mass is 397 g/mol. The van der Waals surface area contributed by atoms with E-state index in [1.165, 1.54) is 14.2 Å². The van der Waals surface area contributed by atoms with Gasteiger partial charge in [-0.15, -0.1) is 0 Å². The first-order valence-electron chi connectivity index (χ1n) is 7.34. The van der Waals surface area contributed by atoms with Crippen molar-refractivity contribution in [3.05, 3.63) is 62.7 Å². The SMILES string of the molecule is COC(=O)c1c(OC)c2cc(Cl)ccc2n1Cc1ccc(Cl)c(Cl)c1. The molecule has 0 radical (unpaired) electrons. The molecule has 0 saturated carbocycles. The highest BCUT2D eigenvalue weighted by Gasteiger charge is 2.25. The molecule has 0 N–H and O–H groups in total. The molecule has 1 aromatic heterocycles. The van der Waals surface area contributed by atoms with Crippen LogP contribution in [0.4, 0.5) is 0 Å². The standard InChI is InChI=1S/C18H14Cl3NO3/c1-24-17-12-8-11(19)4-6-15(12)22(16(17)18(23)25-2)9-10-3-5-13(20)14(21)7-10/h3-8H,9H2,1-2H3. The molecule has 4 nitrogen and oxygen atoms in total. The maximum atomic E-state index is 12.4. The van der Waals surface area contributed by atoms with E-state index in [-0.39, 0.29) is 0 Å². The van der Waals surface area contributed by atoms with Gasteiger partial charge in [0.05, 0.1) is 29.8 Å². The van der Waals surface area contributed by atoms with Gasteiger partial charge in [0.2, 0.25) is 0 Å². The van der Waals surface area contributed by atoms with E-state index in [9.17, 15) is 4.79 Å². The van der Waals surface area contributed by atoms with E-state index < -0.39 is 5.97 Å². The van der Waals surface area contributed by atoms with E-state index in [1.807, 2.05) is 16.7 Å². The first-order chi connectivity index (χ1) is 12.0. The first-order valence-corrected chi connectivity index (χ1v) is 8.47. The van der Waals surface area contributed by atoms with Gasteiger partial charge in [0.15, 0.2) is 11.4 Å². The van der Waals surface area contributed by atoms with Gasteiger partial charge < -0.3 is 14.0 Å². The van der Waals surface area contributed by atoms with E-state index in [1.54, 1.807) is 24.3 Å². The second-order valence-corrected chi connectivity index (χ2v) is 6.62. The number of esters is 1. The Morgan fingerprint density at radius 3 is 2.44 bits per heavy atom. The molecule has 0 saturated heterocycles. The van der Waals surface area contributed by atoms with Gasteiger partial charge in [0.1, 0.15) is 0 Å². The highest BCUT2D eigenvalue weighted by Crippen LogP contribution is 2.36. The smallest absolute Gasteiger partial charge is 0.358 e. The summed E-state index contributed by atoms with van der Waals surface area (Å²) in [6, 6.07) is 10.7. The van der Waals surface area contributed by atoms with Crippen LogP contribution < -0.4 is 4.74 Å². The Hall–Kier alpha value is -1.88. The molecule has 1 heterocycles. The van der Waals surface area contributed by atoms with Crippen molar-refractivity contribution in [2.75, 3.05) is 14.2 Å². The Kier molecular flexibility index (Phi) is 5.13. The van der Waals surface area contributed by atoms with Crippen LogP contribution in [0, 0.1) is 0 Å². The molecule has 130 valence electrons. The molecule has 3 rings (SSSR count). The molecule has 0 amide bonds. The predicted molar refractivity (Wildman–Crippen MR) is 100 cm³/mol. The van der Waals surface area contributed by atoms with Gasteiger partial charge in [-0.05, 0) is 35.9 Å². The Bertz CT molecular complexity index is 966. The lowest BCUT2D eigenvalue weighted by atomic mass is 10.2. The molecular weight excluding hydrogens is 385 g/mol. The van der Waals surface area contributed by atoms with Crippen LogP contribution in [0.5, 0.6) is 5.75 Å². The summed E-state index contributed by atoms with van der Waals surface area (Å²) in [5, 5.41) is 2.20. The highest BCUT2D eigenvalue weighted by molar-refractivity contribution is 6.42. The largest absolute Gasteiger partial charge is 0.494 e. The number of hydrogen-bond donors (Lipinski definition) is 0. The van der Waals surface area contributed by atoms with Crippen molar-refractivity contribution in [2.45, 2.75) is 6.54 Å². The minimum Gasteiger partial charge on any atom is -0.494 e. The summed E-state index contributed by atoms with van der Waals surface area (Å²) in [6.07, 6.45) is 0. The number of carbonyl (C=O) groups excluding carboxylic acids is 1. The molecule has 0 atom stereocenters. The summed E-state index contributed by atoms with van der Waals surface area (Å²) < 4.78 is 12.2. The van der Waals surface area contributed by atoms with Crippen molar-refractivity contribution in [1.82, 2.24) is 4.57 Å². The number of methoxy groups -OCH3 is 2. The number of hydrogen-bond acceptors (Lipinski definition) is 3. The van der Waals surface area contributed by atoms with Crippen LogP contribution in [-0.4, -0.2) is 24.8 Å². The number of carbonyl (C=O) groups is 1. The molecule has 0 unspecified atom stereocenters. The fourth-order valence-corrected chi connectivity index (χ4v) is 3.28. The van der Waals surface area contributed by atoms with Crippen molar-refractivity contribution < 1.29 is 14.3 Å². The Morgan fingerprint density at radius 1 is 1.04 bits per heavy atom. The number of fused-ring (bicyclic) bond motifs is 1. The molecule has 3 aromatic rings. The number of benzene rings is 2. The Morgan fingerprint density at radius 2 is 1.80 bits per heavy atom. The number of rotatable bonds is 4. The lowest BCUT2D eigenvalue weighted by Crippen LogP contribution is -2.12. The van der Waals surface area contributed by atoms with Crippen LogP contribution >= 0.6 is 34.8 Å². The highest BCUT2D eigenvalue weighted by atomic mass is 35.5. The summed E-state index contributed by atoms with van der Waals surface area (Å²) in [7, 11) is 2.83. The van der Waals surface area contributed by atoms with Crippen LogP contribution in [0.2, 0.25) is 15.1 Å². The lowest BCUT2D eigenvalue weighted by molar-refractivity contribution is 0.0585. The van der Waals surface area contributed by atoms with Crippen molar-refractivity contribution in [2.24, 2.45) is 0 Å². The molecule has 0 aliphatic rings. The van der Waals surface area contributed by atoms with Crippen LogP contribution in [0.1, 0.15) is 16.1 Å². The zero-order valence-electron chi connectivity index (χ0n) is 13.5. The summed E-state index contributed by atoms with van der Waals surface area (Å²) in [6.45, 7) is 0.392. The first kappa shape index (κ1) is 17.9. The van der Waals surface area contributed by atoms with Crippen LogP contribution in [0.3, 0.4) is 0 Å². The zero-order chi connectivity index (χ0) is 18.1. The third kappa shape index (κ3) is 3.30. The lowest BCUT2D eigenvalue weighted by Gasteiger charge is -2.11. The van der Waals surface area contributed by atoms with E-state index in [4.69, 9.17) is 44.3 Å². The molecule has 25 heavy (non-hydrogen) atoms. The summed E-state index contributed by atoms with van der Waals surface area (Å²) in [5.41, 5.74) is 2.00. The minimum absolute atomic E-state index is 0.313. The van der Waals surface area contributed by atoms with Gasteiger partial charge in [-0.2, -0.15) is 0 Å². The number of halogens is 3. The number of ether oxygens (including phenoxy) is 2. The fraction of sp³-hybridized carbons (Fsp3) is 0.167. The van der Waals surface area contributed by atoms with Gasteiger partial charge in [-0.1, -0.05) is 40.9 Å². The summed E-state index contributed by atoms with van der Waals surface area (Å²) >= 11 is 18.2. The van der Waals surface area contributed by atoms with E-state index in [2.05, 4.69) is 0 Å². The Labute approximate surface area is 159 Å². The maximum Gasteiger partial charge on any atom is 0.358 e. The predicted octanol–water partition coefficient (Wildman–Crippen LogP) is 5.45. The third-order valence-electron chi connectivity index (χ3n) is 3.89. The van der Waals surface area contributed by atoms with Gasteiger partial charge >= 0.3 is 5.97 Å². The van der Waals surface area contributed by atoms with Crippen molar-refractivity contribution in [1.29, 1.82) is 0 Å². The minimum atomic E-state index is -0.496. The van der Waals surface area contributed by atoms with Gasteiger partial charge in [-0.25, -0.2) is 4.79 Å². The Balaban J connectivity index is 2.24. The molecule has 2 aromatic carbocycles. The van der Waals surface area contributed by atoms with E-state index in [0.29, 0.717) is 33.1 Å². The van der Waals surface area contributed by atoms with E-state index in [0.717, 1.165) is 16.5 Å². The third-order valence-corrected chi connectivity index (χ3v) is 4.86. The van der Waals surface area contributed by atoms with Crippen LogP contribution in [0.25, 0.3) is 10.9 Å². The molecule has 0 bridgehead atoms. The van der Waals surface area contributed by atoms with Crippen molar-refractivity contribution >= 4 is 51.7 Å². The quantitative estimate of drug-likeness (QED) is 0.549. The fourth-order valence-electron chi connectivity index (χ4n) is 2.79. The molecule has 0 spiro atoms. The maximum absolute atomic E-state index is 12.4. The second kappa shape index (κ2) is 7.16. The summed E-state index contributed by atoms with van der Waals surface area (Å²) in [5.74, 6) is -0.0753. The van der Waals surface area contributed by atoms with Crippen LogP contribution in [0.15, 0.2) is 36.4 Å². The van der Waals surface area contributed by atoms with Gasteiger partial charge in [0, 0.05) is 17.0 Å². The number of aromatic nitrogens is 1. The molecule has 0 aliphatic heterocycles. The average Bonchev–Trinajstić information content (AvgIpc) is 2.90.